The first-order valence-corrected chi connectivity index (χ1v) is 12.4. The highest BCUT2D eigenvalue weighted by Crippen LogP contribution is 2.47. The lowest BCUT2D eigenvalue weighted by molar-refractivity contribution is -0.0736. The number of aliphatic hydroxyl groups is 1. The fourth-order valence-electron chi connectivity index (χ4n) is 5.15. The minimum Gasteiger partial charge on any atom is -0.393 e. The summed E-state index contributed by atoms with van der Waals surface area (Å²) in [5.74, 6) is -4.11. The van der Waals surface area contributed by atoms with Gasteiger partial charge >= 0.3 is 0 Å². The van der Waals surface area contributed by atoms with Gasteiger partial charge in [0.15, 0.2) is 17.5 Å². The second kappa shape index (κ2) is 7.84. The molecule has 0 spiro atoms. The van der Waals surface area contributed by atoms with Crippen LogP contribution in [0.15, 0.2) is 35.2 Å². The molecule has 2 heterocycles. The molecule has 2 saturated heterocycles. The second-order valence-electron chi connectivity index (χ2n) is 9.05. The number of nitrogens with one attached hydrogen (secondary N) is 1. The Morgan fingerprint density at radius 2 is 1.73 bits per heavy atom. The number of aliphatic hydroxyl groups excluding tert-OH is 1. The van der Waals surface area contributed by atoms with Crippen molar-refractivity contribution < 1.29 is 31.4 Å². The van der Waals surface area contributed by atoms with E-state index in [1.54, 1.807) is 6.07 Å². The smallest absolute Gasteiger partial charge is 0.245 e. The van der Waals surface area contributed by atoms with Crippen molar-refractivity contribution in [3.05, 3.63) is 58.4 Å². The van der Waals surface area contributed by atoms with Gasteiger partial charge in [-0.2, -0.15) is 4.31 Å². The van der Waals surface area contributed by atoms with Crippen molar-refractivity contribution in [3.8, 4) is 0 Å². The molecule has 3 fully saturated rings. The molecule has 33 heavy (non-hydrogen) atoms. The summed E-state index contributed by atoms with van der Waals surface area (Å²) in [6.07, 6.45) is 0.213. The molecule has 2 aromatic carbocycles. The van der Waals surface area contributed by atoms with Gasteiger partial charge in [-0.05, 0) is 36.5 Å². The third kappa shape index (κ3) is 3.54. The molecule has 1 aliphatic carbocycles. The van der Waals surface area contributed by atoms with Crippen molar-refractivity contribution in [2.45, 2.75) is 48.4 Å². The van der Waals surface area contributed by atoms with Crippen molar-refractivity contribution >= 4 is 27.3 Å². The summed E-state index contributed by atoms with van der Waals surface area (Å²) < 4.78 is 74.6. The molecule has 0 aromatic heterocycles. The highest BCUT2D eigenvalue weighted by molar-refractivity contribution is 7.89. The number of hydrogen-bond donors (Lipinski definition) is 2. The summed E-state index contributed by atoms with van der Waals surface area (Å²) in [4.78, 5) is -0.0792. The van der Waals surface area contributed by atoms with Crippen molar-refractivity contribution in [2.24, 2.45) is 5.92 Å². The Morgan fingerprint density at radius 1 is 1.12 bits per heavy atom. The summed E-state index contributed by atoms with van der Waals surface area (Å²) >= 11 is 6.31. The highest BCUT2D eigenvalue weighted by atomic mass is 35.5. The molecule has 11 heteroatoms. The SMILES string of the molecule is CC1C2CC(O)CC1N2S(=O)(=O)c1cc(C2(Nc3cc(F)c(F)c(F)c3)COC2)ccc1Cl. The van der Waals surface area contributed by atoms with E-state index in [0.29, 0.717) is 18.4 Å². The molecule has 178 valence electrons. The fourth-order valence-corrected chi connectivity index (χ4v) is 7.64. The van der Waals surface area contributed by atoms with E-state index in [9.17, 15) is 26.7 Å². The van der Waals surface area contributed by atoms with Crippen LogP contribution < -0.4 is 5.32 Å². The molecule has 2 aromatic rings. The first kappa shape index (κ1) is 22.9. The van der Waals surface area contributed by atoms with Gasteiger partial charge in [0.1, 0.15) is 10.4 Å². The molecule has 2 atom stereocenters. The molecular formula is C22H22ClF3N2O4S. The minimum atomic E-state index is -3.96. The van der Waals surface area contributed by atoms with Crippen LogP contribution in [0.4, 0.5) is 18.9 Å². The van der Waals surface area contributed by atoms with Crippen LogP contribution in [0.1, 0.15) is 25.3 Å². The number of fused-ring (bicyclic) bond motifs is 2. The Kier molecular flexibility index (Phi) is 5.45. The standard InChI is InChI=1S/C22H22ClF3N2O4S/c1-11-18-7-14(29)8-19(11)28(18)33(30,31)20-4-12(2-3-15(20)23)22(9-32-10-22)27-13-5-16(24)21(26)17(25)6-13/h2-6,11,14,18-19,27,29H,7-10H2,1H3. The average Bonchev–Trinajstić information content (AvgIpc) is 2.73. The third-order valence-electron chi connectivity index (χ3n) is 7.00. The number of piperidine rings is 1. The fraction of sp³-hybridized carbons (Fsp3) is 0.455. The number of ether oxygens (including phenoxy) is 1. The van der Waals surface area contributed by atoms with E-state index in [0.717, 1.165) is 12.1 Å². The molecule has 6 nitrogen and oxygen atoms in total. The van der Waals surface area contributed by atoms with Crippen LogP contribution in [0.3, 0.4) is 0 Å². The van der Waals surface area contributed by atoms with Crippen LogP contribution >= 0.6 is 11.6 Å². The van der Waals surface area contributed by atoms with Gasteiger partial charge in [-0.25, -0.2) is 21.6 Å². The van der Waals surface area contributed by atoms with Crippen molar-refractivity contribution in [1.82, 2.24) is 4.31 Å². The molecule has 2 N–H and O–H groups in total. The molecule has 2 unspecified atom stereocenters. The quantitative estimate of drug-likeness (QED) is 0.611. The normalized spacial score (nSPS) is 28.7. The van der Waals surface area contributed by atoms with Crippen LogP contribution in [0, 0.1) is 23.4 Å². The van der Waals surface area contributed by atoms with E-state index in [2.05, 4.69) is 5.32 Å². The Hall–Kier alpha value is -1.85. The predicted octanol–water partition coefficient (Wildman–Crippen LogP) is 3.63. The Balaban J connectivity index is 1.49. The zero-order chi connectivity index (χ0) is 23.7. The van der Waals surface area contributed by atoms with Crippen LogP contribution in [0.5, 0.6) is 0 Å². The summed E-state index contributed by atoms with van der Waals surface area (Å²) in [5, 5.41) is 13.0. The number of anilines is 1. The Bertz CT molecular complexity index is 1190. The van der Waals surface area contributed by atoms with Crippen molar-refractivity contribution in [3.63, 3.8) is 0 Å². The molecule has 3 aliphatic rings. The van der Waals surface area contributed by atoms with Gasteiger partial charge in [0, 0.05) is 29.9 Å². The van der Waals surface area contributed by atoms with Crippen LogP contribution in [0.25, 0.3) is 0 Å². The number of benzene rings is 2. The lowest BCUT2D eigenvalue weighted by Crippen LogP contribution is -2.69. The van der Waals surface area contributed by atoms with Gasteiger partial charge in [-0.15, -0.1) is 0 Å². The first-order chi connectivity index (χ1) is 15.5. The molecular weight excluding hydrogens is 481 g/mol. The first-order valence-electron chi connectivity index (χ1n) is 10.6. The number of sulfonamides is 1. The maximum atomic E-state index is 13.7. The summed E-state index contributed by atoms with van der Waals surface area (Å²) in [6, 6.07) is 5.60. The van der Waals surface area contributed by atoms with E-state index >= 15 is 0 Å². The Labute approximate surface area is 194 Å². The van der Waals surface area contributed by atoms with Crippen LogP contribution in [-0.2, 0) is 20.3 Å². The van der Waals surface area contributed by atoms with Gasteiger partial charge < -0.3 is 15.2 Å². The van der Waals surface area contributed by atoms with Crippen molar-refractivity contribution in [2.75, 3.05) is 18.5 Å². The van der Waals surface area contributed by atoms with Gasteiger partial charge in [-0.1, -0.05) is 24.6 Å². The van der Waals surface area contributed by atoms with E-state index in [1.807, 2.05) is 6.92 Å². The molecule has 2 aliphatic heterocycles. The van der Waals surface area contributed by atoms with Crippen molar-refractivity contribution in [1.29, 1.82) is 0 Å². The topological polar surface area (TPSA) is 78.9 Å². The number of nitrogens with zero attached hydrogens (tertiary/aromatic N) is 1. The van der Waals surface area contributed by atoms with E-state index in [-0.39, 0.29) is 46.8 Å². The van der Waals surface area contributed by atoms with Gasteiger partial charge in [0.05, 0.1) is 24.3 Å². The molecule has 2 bridgehead atoms. The third-order valence-corrected chi connectivity index (χ3v) is 9.43. The maximum Gasteiger partial charge on any atom is 0.245 e. The highest BCUT2D eigenvalue weighted by Gasteiger charge is 2.56. The monoisotopic (exact) mass is 502 g/mol. The van der Waals surface area contributed by atoms with E-state index in [1.165, 1.54) is 16.4 Å². The molecule has 0 radical (unpaired) electrons. The number of halogens is 4. The summed E-state index contributed by atoms with van der Waals surface area (Å²) in [7, 11) is -3.96. The lowest BCUT2D eigenvalue weighted by Gasteiger charge is -2.57. The van der Waals surface area contributed by atoms with Crippen LogP contribution in [-0.4, -0.2) is 49.2 Å². The van der Waals surface area contributed by atoms with E-state index in [4.69, 9.17) is 16.3 Å². The van der Waals surface area contributed by atoms with Gasteiger partial charge in [0.2, 0.25) is 10.0 Å². The number of rotatable bonds is 5. The maximum absolute atomic E-state index is 13.7. The number of hydrogen-bond acceptors (Lipinski definition) is 5. The van der Waals surface area contributed by atoms with Crippen LogP contribution in [0.2, 0.25) is 5.02 Å². The summed E-state index contributed by atoms with van der Waals surface area (Å²) in [5.41, 5.74) is -0.477. The van der Waals surface area contributed by atoms with E-state index < -0.39 is 39.1 Å². The minimum absolute atomic E-state index is 0.00542. The molecule has 5 rings (SSSR count). The zero-order valence-corrected chi connectivity index (χ0v) is 19.1. The molecule has 1 saturated carbocycles. The zero-order valence-electron chi connectivity index (χ0n) is 17.6. The largest absolute Gasteiger partial charge is 0.393 e. The van der Waals surface area contributed by atoms with Gasteiger partial charge in [0.25, 0.3) is 0 Å². The molecule has 0 amide bonds. The average molecular weight is 503 g/mol. The Morgan fingerprint density at radius 3 is 2.27 bits per heavy atom. The van der Waals surface area contributed by atoms with Gasteiger partial charge in [-0.3, -0.25) is 0 Å². The summed E-state index contributed by atoms with van der Waals surface area (Å²) in [6.45, 7) is 2.18. The predicted molar refractivity (Wildman–Crippen MR) is 115 cm³/mol. The second-order valence-corrected chi connectivity index (χ2v) is 11.3. The lowest BCUT2D eigenvalue weighted by atomic mass is 9.72.